The predicted molar refractivity (Wildman–Crippen MR) is 366 cm³/mol. The molecule has 21 rings (SSSR count). The highest BCUT2D eigenvalue weighted by Crippen LogP contribution is 2.49. The summed E-state index contributed by atoms with van der Waals surface area (Å²) < 4.78 is 5.40. The summed E-state index contributed by atoms with van der Waals surface area (Å²) in [4.78, 5) is 0. The van der Waals surface area contributed by atoms with E-state index in [1.807, 2.05) is 0 Å². The Morgan fingerprint density at radius 3 is 1.26 bits per heavy atom. The second-order valence-corrected chi connectivity index (χ2v) is 24.1. The van der Waals surface area contributed by atoms with Crippen LogP contribution < -0.4 is 16.4 Å². The number of benzene rings is 17. The van der Waals surface area contributed by atoms with Crippen LogP contribution in [0.15, 0.2) is 273 Å². The normalized spacial score (nSPS) is 12.9. The Bertz CT molecular complexity index is 6320. The molecule has 0 saturated heterocycles. The van der Waals surface area contributed by atoms with Crippen molar-refractivity contribution in [1.82, 2.24) is 9.13 Å². The zero-order valence-corrected chi connectivity index (χ0v) is 46.0. The standard InChI is InChI=1S/C82H45BN2/c1-3-20-50-46(18-1)40-66(59-29-10-5-22-52(50)59)48-36-39-73-68(42-48)70-43-49(67-41-47-19-2-4-21-51(47)53-23-6-11-30-60(53)67)44-72-80(70)84(73)74-34-17-35-75-78(74)83(72)79-76-62-32-15-13-26-56(62)55-25-8-12-31-61(55)69(76)45-71-65-38-37-64-58-28-9-7-24-54(58)57-27-14-16-33-63(57)77(64)81(65)85(75)82(71)79/h1-45H. The summed E-state index contributed by atoms with van der Waals surface area (Å²) in [6.07, 6.45) is 0. The third-order valence-electron chi connectivity index (χ3n) is 20.1. The molecule has 0 N–H and O–H groups in total. The summed E-state index contributed by atoms with van der Waals surface area (Å²) in [5.41, 5.74) is 16.5. The largest absolute Gasteiger partial charge is 0.310 e. The molecule has 0 radical (unpaired) electrons. The van der Waals surface area contributed by atoms with Crippen LogP contribution in [-0.2, 0) is 0 Å². The quantitative estimate of drug-likeness (QED) is 0.121. The fourth-order valence-corrected chi connectivity index (χ4v) is 16.8. The number of hydrogen-bond donors (Lipinski definition) is 0. The van der Waals surface area contributed by atoms with Crippen LogP contribution in [0.2, 0.25) is 0 Å². The highest BCUT2D eigenvalue weighted by atomic mass is 15.0. The van der Waals surface area contributed by atoms with Gasteiger partial charge in [-0.15, -0.1) is 0 Å². The number of fused-ring (bicyclic) bond motifs is 30. The average Bonchev–Trinajstić information content (AvgIpc) is 1.63. The summed E-state index contributed by atoms with van der Waals surface area (Å²) in [6, 6.07) is 105. The van der Waals surface area contributed by atoms with Crippen molar-refractivity contribution in [1.29, 1.82) is 0 Å². The van der Waals surface area contributed by atoms with Crippen molar-refractivity contribution in [2.24, 2.45) is 0 Å². The minimum Gasteiger partial charge on any atom is -0.310 e. The molecule has 0 atom stereocenters. The lowest BCUT2D eigenvalue weighted by Gasteiger charge is -2.35. The van der Waals surface area contributed by atoms with E-state index in [0.29, 0.717) is 0 Å². The van der Waals surface area contributed by atoms with Gasteiger partial charge in [-0.25, -0.2) is 0 Å². The summed E-state index contributed by atoms with van der Waals surface area (Å²) in [6.45, 7) is -0.141. The zero-order chi connectivity index (χ0) is 54.9. The van der Waals surface area contributed by atoms with Crippen molar-refractivity contribution in [3.63, 3.8) is 0 Å². The molecule has 2 aliphatic rings. The lowest BCUT2D eigenvalue weighted by Crippen LogP contribution is -2.59. The van der Waals surface area contributed by atoms with Crippen LogP contribution >= 0.6 is 0 Å². The van der Waals surface area contributed by atoms with Crippen LogP contribution in [0, 0.1) is 0 Å². The Balaban J connectivity index is 0.986. The van der Waals surface area contributed by atoms with Gasteiger partial charge in [-0.3, -0.25) is 0 Å². The van der Waals surface area contributed by atoms with E-state index in [1.54, 1.807) is 0 Å². The third kappa shape index (κ3) is 5.57. The summed E-state index contributed by atoms with van der Waals surface area (Å²) in [5.74, 6) is 0. The first-order chi connectivity index (χ1) is 42.2. The minimum atomic E-state index is -0.141. The van der Waals surface area contributed by atoms with E-state index in [-0.39, 0.29) is 6.71 Å². The highest BCUT2D eigenvalue weighted by molar-refractivity contribution is 7.02. The topological polar surface area (TPSA) is 9.86 Å². The van der Waals surface area contributed by atoms with E-state index >= 15 is 0 Å². The van der Waals surface area contributed by atoms with Gasteiger partial charge in [-0.1, -0.05) is 224 Å². The van der Waals surface area contributed by atoms with Gasteiger partial charge in [-0.05, 0) is 190 Å². The van der Waals surface area contributed by atoms with Gasteiger partial charge in [0.25, 0.3) is 6.71 Å². The molecule has 17 aromatic carbocycles. The SMILES string of the molecule is c1cc2c3c(c1)-n1c4c(c5c6ccccc6c6ccccc6c5cc4c4ccc5c6ccccc6c6ccccc6c5c41)B3c1cc(-c3cc4ccccc4c4ccccc34)cc3c4cc(-c5cc6ccccc6c6ccccc56)ccc4n-2c13. The molecule has 3 heteroatoms. The van der Waals surface area contributed by atoms with Crippen molar-refractivity contribution < 1.29 is 0 Å². The van der Waals surface area contributed by atoms with Gasteiger partial charge >= 0.3 is 0 Å². The van der Waals surface area contributed by atoms with E-state index < -0.39 is 0 Å². The number of rotatable bonds is 2. The van der Waals surface area contributed by atoms with E-state index in [4.69, 9.17) is 0 Å². The predicted octanol–water partition coefficient (Wildman–Crippen LogP) is 19.9. The van der Waals surface area contributed by atoms with Gasteiger partial charge in [0.2, 0.25) is 0 Å². The highest BCUT2D eigenvalue weighted by Gasteiger charge is 2.43. The van der Waals surface area contributed by atoms with E-state index in [9.17, 15) is 0 Å². The van der Waals surface area contributed by atoms with Crippen molar-refractivity contribution >= 4 is 174 Å². The lowest BCUT2D eigenvalue weighted by molar-refractivity contribution is 1.15. The second-order valence-electron chi connectivity index (χ2n) is 24.1. The van der Waals surface area contributed by atoms with Crippen LogP contribution in [0.5, 0.6) is 0 Å². The van der Waals surface area contributed by atoms with Gasteiger partial charge in [-0.2, -0.15) is 0 Å². The molecule has 0 fully saturated rings. The molecular formula is C82H45BN2. The van der Waals surface area contributed by atoms with Crippen LogP contribution in [0.25, 0.3) is 185 Å². The lowest BCUT2D eigenvalue weighted by atomic mass is 9.33. The molecule has 2 aliphatic heterocycles. The Kier molecular flexibility index (Phi) is 8.38. The van der Waals surface area contributed by atoms with Crippen molar-refractivity contribution in [2.75, 3.05) is 0 Å². The zero-order valence-electron chi connectivity index (χ0n) is 46.0. The van der Waals surface area contributed by atoms with Crippen LogP contribution in [-0.4, -0.2) is 15.8 Å². The first-order valence-corrected chi connectivity index (χ1v) is 29.9. The maximum absolute atomic E-state index is 2.74. The van der Waals surface area contributed by atoms with Crippen molar-refractivity contribution in [3.05, 3.63) is 273 Å². The molecule has 0 spiro atoms. The van der Waals surface area contributed by atoms with Crippen LogP contribution in [0.3, 0.4) is 0 Å². The van der Waals surface area contributed by atoms with Crippen molar-refractivity contribution in [3.8, 4) is 33.6 Å². The molecule has 0 unspecified atom stereocenters. The van der Waals surface area contributed by atoms with Gasteiger partial charge < -0.3 is 9.13 Å². The first kappa shape index (κ1) is 44.6. The Morgan fingerprint density at radius 2 is 0.659 bits per heavy atom. The van der Waals surface area contributed by atoms with Crippen LogP contribution in [0.1, 0.15) is 0 Å². The Morgan fingerprint density at radius 1 is 0.224 bits per heavy atom. The van der Waals surface area contributed by atoms with Gasteiger partial charge in [0.15, 0.2) is 0 Å². The fraction of sp³-hybridized carbons (Fsp3) is 0. The molecular weight excluding hydrogens is 1020 g/mol. The summed E-state index contributed by atoms with van der Waals surface area (Å²) in [5, 5.41) is 30.7. The Labute approximate surface area is 487 Å². The first-order valence-electron chi connectivity index (χ1n) is 29.9. The maximum Gasteiger partial charge on any atom is 0.253 e. The summed E-state index contributed by atoms with van der Waals surface area (Å²) >= 11 is 0. The molecule has 0 bridgehead atoms. The van der Waals surface area contributed by atoms with Gasteiger partial charge in [0, 0.05) is 43.8 Å². The molecule has 0 aliphatic carbocycles. The summed E-state index contributed by atoms with van der Waals surface area (Å²) in [7, 11) is 0. The van der Waals surface area contributed by atoms with Crippen LogP contribution in [0.4, 0.5) is 0 Å². The molecule has 0 saturated carbocycles. The molecule has 2 aromatic heterocycles. The number of nitrogens with zero attached hydrogens (tertiary/aromatic N) is 2. The molecule has 85 heavy (non-hydrogen) atoms. The molecule has 4 heterocycles. The Hall–Kier alpha value is -11.0. The number of hydrogen-bond acceptors (Lipinski definition) is 0. The number of aromatic nitrogens is 2. The minimum absolute atomic E-state index is 0.141. The molecule has 2 nitrogen and oxygen atoms in total. The van der Waals surface area contributed by atoms with Crippen molar-refractivity contribution in [2.45, 2.75) is 0 Å². The van der Waals surface area contributed by atoms with E-state index in [1.165, 1.54) is 201 Å². The van der Waals surface area contributed by atoms with Gasteiger partial charge in [0.05, 0.1) is 16.6 Å². The smallest absolute Gasteiger partial charge is 0.253 e. The van der Waals surface area contributed by atoms with E-state index in [2.05, 4.69) is 282 Å². The fourth-order valence-electron chi connectivity index (χ4n) is 16.8. The third-order valence-corrected chi connectivity index (χ3v) is 20.1. The molecule has 0 amide bonds. The maximum atomic E-state index is 2.74. The van der Waals surface area contributed by atoms with Gasteiger partial charge in [0.1, 0.15) is 0 Å². The average molecular weight is 1070 g/mol. The van der Waals surface area contributed by atoms with E-state index in [0.717, 1.165) is 0 Å². The monoisotopic (exact) mass is 1070 g/mol. The molecule has 19 aromatic rings. The second kappa shape index (κ2) is 16.0. The molecule has 386 valence electrons.